The van der Waals surface area contributed by atoms with Gasteiger partial charge in [-0.1, -0.05) is 66.2 Å². The lowest BCUT2D eigenvalue weighted by atomic mass is 10.2. The van der Waals surface area contributed by atoms with Crippen molar-refractivity contribution in [3.8, 4) is 0 Å². The van der Waals surface area contributed by atoms with Gasteiger partial charge in [-0.25, -0.2) is 4.98 Å². The van der Waals surface area contributed by atoms with Crippen molar-refractivity contribution in [3.63, 3.8) is 0 Å². The number of rotatable bonds is 5. The van der Waals surface area contributed by atoms with Crippen LogP contribution in [-0.4, -0.2) is 20.0 Å². The standard InChI is InChI=1S/C26H21ClN4O2/c1-17-11-12-21(20(27)13-17)29-23(32)15-31-22-10-6-5-9-19(22)24-25(31)26(33)30(16-28-24)14-18-7-3-2-4-8-18/h2-13,16H,14-15H2,1H3,(H,29,32). The molecule has 2 heterocycles. The SMILES string of the molecule is Cc1ccc(NC(=O)Cn2c3ccccc3c3ncn(Cc4ccccc4)c(=O)c32)c(Cl)c1. The molecule has 5 rings (SSSR count). The molecule has 0 aliphatic rings. The summed E-state index contributed by atoms with van der Waals surface area (Å²) in [5.74, 6) is -0.277. The predicted octanol–water partition coefficient (Wildman–Crippen LogP) is 5.00. The van der Waals surface area contributed by atoms with Crippen molar-refractivity contribution >= 4 is 45.1 Å². The zero-order valence-corrected chi connectivity index (χ0v) is 18.7. The van der Waals surface area contributed by atoms with E-state index in [-0.39, 0.29) is 18.0 Å². The van der Waals surface area contributed by atoms with E-state index in [1.54, 1.807) is 27.6 Å². The first-order chi connectivity index (χ1) is 16.0. The van der Waals surface area contributed by atoms with Gasteiger partial charge in [-0.15, -0.1) is 0 Å². The number of nitrogens with one attached hydrogen (secondary N) is 1. The first kappa shape index (κ1) is 21.0. The molecular weight excluding hydrogens is 436 g/mol. The third kappa shape index (κ3) is 4.01. The number of para-hydroxylation sites is 1. The summed E-state index contributed by atoms with van der Waals surface area (Å²) in [6.07, 6.45) is 1.57. The first-order valence-corrected chi connectivity index (χ1v) is 11.0. The Morgan fingerprint density at radius 2 is 1.79 bits per heavy atom. The van der Waals surface area contributed by atoms with Gasteiger partial charge in [0.15, 0.2) is 0 Å². The molecule has 0 aliphatic heterocycles. The highest BCUT2D eigenvalue weighted by Crippen LogP contribution is 2.26. The summed E-state index contributed by atoms with van der Waals surface area (Å²) in [6, 6.07) is 22.8. The molecule has 33 heavy (non-hydrogen) atoms. The molecule has 0 atom stereocenters. The second kappa shape index (κ2) is 8.56. The summed E-state index contributed by atoms with van der Waals surface area (Å²) in [7, 11) is 0. The lowest BCUT2D eigenvalue weighted by Crippen LogP contribution is -2.25. The third-order valence-corrected chi connectivity index (χ3v) is 5.94. The van der Waals surface area contributed by atoms with Crippen LogP contribution in [-0.2, 0) is 17.9 Å². The number of aromatic nitrogens is 3. The van der Waals surface area contributed by atoms with Crippen molar-refractivity contribution in [2.75, 3.05) is 5.32 Å². The second-order valence-electron chi connectivity index (χ2n) is 8.00. The Kier molecular flexibility index (Phi) is 5.44. The molecule has 0 saturated heterocycles. The van der Waals surface area contributed by atoms with Crippen LogP contribution in [0.15, 0.2) is 83.9 Å². The Labute approximate surface area is 195 Å². The quantitative estimate of drug-likeness (QED) is 0.404. The summed E-state index contributed by atoms with van der Waals surface area (Å²) in [5, 5.41) is 4.16. The number of halogens is 1. The maximum atomic E-state index is 13.5. The number of benzene rings is 3. The number of hydrogen-bond donors (Lipinski definition) is 1. The van der Waals surface area contributed by atoms with Gasteiger partial charge in [0.2, 0.25) is 5.91 Å². The summed E-state index contributed by atoms with van der Waals surface area (Å²) in [5.41, 5.74) is 4.11. The average Bonchev–Trinajstić information content (AvgIpc) is 3.12. The number of nitrogens with zero attached hydrogens (tertiary/aromatic N) is 3. The molecule has 6 nitrogen and oxygen atoms in total. The van der Waals surface area contributed by atoms with Crippen molar-refractivity contribution < 1.29 is 4.79 Å². The molecule has 0 spiro atoms. The third-order valence-electron chi connectivity index (χ3n) is 5.63. The highest BCUT2D eigenvalue weighted by atomic mass is 35.5. The minimum Gasteiger partial charge on any atom is -0.325 e. The summed E-state index contributed by atoms with van der Waals surface area (Å²) >= 11 is 6.28. The largest absolute Gasteiger partial charge is 0.325 e. The number of fused-ring (bicyclic) bond motifs is 3. The van der Waals surface area contributed by atoms with Crippen LogP contribution in [0.5, 0.6) is 0 Å². The molecule has 5 aromatic rings. The van der Waals surface area contributed by atoms with Crippen LogP contribution in [0, 0.1) is 6.92 Å². The Bertz CT molecular complexity index is 1550. The van der Waals surface area contributed by atoms with E-state index in [0.717, 1.165) is 22.0 Å². The fraction of sp³-hybridized carbons (Fsp3) is 0.115. The monoisotopic (exact) mass is 456 g/mol. The van der Waals surface area contributed by atoms with E-state index < -0.39 is 0 Å². The first-order valence-electron chi connectivity index (χ1n) is 10.6. The van der Waals surface area contributed by atoms with E-state index in [4.69, 9.17) is 11.6 Å². The normalized spacial score (nSPS) is 11.2. The number of aryl methyl sites for hydroxylation is 1. The molecule has 1 N–H and O–H groups in total. The Hall–Kier alpha value is -3.90. The van der Waals surface area contributed by atoms with Gasteiger partial charge in [0.1, 0.15) is 17.6 Å². The number of carbonyl (C=O) groups is 1. The van der Waals surface area contributed by atoms with Gasteiger partial charge in [0.05, 0.1) is 29.1 Å². The van der Waals surface area contributed by atoms with Crippen molar-refractivity contribution in [2.24, 2.45) is 0 Å². The number of hydrogen-bond acceptors (Lipinski definition) is 3. The van der Waals surface area contributed by atoms with E-state index in [0.29, 0.717) is 28.3 Å². The van der Waals surface area contributed by atoms with Crippen LogP contribution in [0.2, 0.25) is 5.02 Å². The smallest absolute Gasteiger partial charge is 0.278 e. The van der Waals surface area contributed by atoms with Gasteiger partial charge in [-0.05, 0) is 36.2 Å². The number of anilines is 1. The summed E-state index contributed by atoms with van der Waals surface area (Å²) in [6.45, 7) is 2.29. The highest BCUT2D eigenvalue weighted by molar-refractivity contribution is 6.33. The minimum absolute atomic E-state index is 0.0412. The van der Waals surface area contributed by atoms with Gasteiger partial charge in [0.25, 0.3) is 5.56 Å². The molecule has 0 radical (unpaired) electrons. The van der Waals surface area contributed by atoms with Gasteiger partial charge in [0, 0.05) is 5.39 Å². The Morgan fingerprint density at radius 1 is 1.03 bits per heavy atom. The summed E-state index contributed by atoms with van der Waals surface area (Å²) in [4.78, 5) is 31.1. The highest BCUT2D eigenvalue weighted by Gasteiger charge is 2.18. The van der Waals surface area contributed by atoms with Crippen molar-refractivity contribution in [1.82, 2.24) is 14.1 Å². The van der Waals surface area contributed by atoms with Crippen LogP contribution in [0.4, 0.5) is 5.69 Å². The fourth-order valence-corrected chi connectivity index (χ4v) is 4.34. The molecule has 1 amide bonds. The van der Waals surface area contributed by atoms with E-state index >= 15 is 0 Å². The van der Waals surface area contributed by atoms with Gasteiger partial charge >= 0.3 is 0 Å². The zero-order chi connectivity index (χ0) is 22.9. The average molecular weight is 457 g/mol. The Balaban J connectivity index is 1.58. The Morgan fingerprint density at radius 3 is 2.58 bits per heavy atom. The topological polar surface area (TPSA) is 68.9 Å². The van der Waals surface area contributed by atoms with Crippen LogP contribution in [0.25, 0.3) is 21.9 Å². The van der Waals surface area contributed by atoms with Crippen LogP contribution in [0.1, 0.15) is 11.1 Å². The zero-order valence-electron chi connectivity index (χ0n) is 18.0. The molecule has 7 heteroatoms. The fourth-order valence-electron chi connectivity index (χ4n) is 4.06. The van der Waals surface area contributed by atoms with Crippen molar-refractivity contribution in [2.45, 2.75) is 20.0 Å². The molecule has 2 aromatic heterocycles. The molecule has 0 saturated carbocycles. The number of amides is 1. The van der Waals surface area contributed by atoms with Crippen LogP contribution >= 0.6 is 11.6 Å². The van der Waals surface area contributed by atoms with E-state index in [2.05, 4.69) is 10.3 Å². The predicted molar refractivity (Wildman–Crippen MR) is 132 cm³/mol. The van der Waals surface area contributed by atoms with E-state index in [1.807, 2.05) is 67.6 Å². The molecular formula is C26H21ClN4O2. The van der Waals surface area contributed by atoms with Crippen molar-refractivity contribution in [3.05, 3.63) is 106 Å². The van der Waals surface area contributed by atoms with Gasteiger partial charge < -0.3 is 9.88 Å². The van der Waals surface area contributed by atoms with E-state index in [9.17, 15) is 9.59 Å². The summed E-state index contributed by atoms with van der Waals surface area (Å²) < 4.78 is 3.31. The molecule has 3 aromatic carbocycles. The van der Waals surface area contributed by atoms with Gasteiger partial charge in [-0.2, -0.15) is 0 Å². The molecule has 0 aliphatic carbocycles. The molecule has 0 unspecified atom stereocenters. The van der Waals surface area contributed by atoms with Gasteiger partial charge in [-0.3, -0.25) is 14.2 Å². The molecule has 0 fully saturated rings. The maximum Gasteiger partial charge on any atom is 0.278 e. The minimum atomic E-state index is -0.277. The number of carbonyl (C=O) groups excluding carboxylic acids is 1. The molecule has 164 valence electrons. The maximum absolute atomic E-state index is 13.5. The lowest BCUT2D eigenvalue weighted by Gasteiger charge is -2.11. The van der Waals surface area contributed by atoms with Crippen LogP contribution in [0.3, 0.4) is 0 Å². The van der Waals surface area contributed by atoms with Crippen LogP contribution < -0.4 is 10.9 Å². The second-order valence-corrected chi connectivity index (χ2v) is 8.40. The van der Waals surface area contributed by atoms with Crippen molar-refractivity contribution in [1.29, 1.82) is 0 Å². The lowest BCUT2D eigenvalue weighted by molar-refractivity contribution is -0.116. The van der Waals surface area contributed by atoms with E-state index in [1.165, 1.54) is 0 Å². The molecule has 0 bridgehead atoms.